The number of carbonyl (C=O) groups excluding carboxylic acids is 2. The van der Waals surface area contributed by atoms with E-state index in [1.807, 2.05) is 25.1 Å². The lowest BCUT2D eigenvalue weighted by Crippen LogP contribution is -2.43. The van der Waals surface area contributed by atoms with Crippen LogP contribution in [0, 0.1) is 23.2 Å². The first-order chi connectivity index (χ1) is 15.0. The number of anilines is 1. The van der Waals surface area contributed by atoms with E-state index in [4.69, 9.17) is 16.4 Å². The fraction of sp³-hybridized carbons (Fsp3) is 0.400. The van der Waals surface area contributed by atoms with Gasteiger partial charge in [0, 0.05) is 27.0 Å². The molecule has 5 nitrogen and oxygen atoms in total. The van der Waals surface area contributed by atoms with Crippen molar-refractivity contribution in [3.05, 3.63) is 63.1 Å². The first kappa shape index (κ1) is 23.0. The van der Waals surface area contributed by atoms with Crippen molar-refractivity contribution in [2.75, 3.05) is 5.32 Å². The Labute approximate surface area is 201 Å². The molecule has 7 heteroatoms. The lowest BCUT2D eigenvalue weighted by atomic mass is 9.64. The van der Waals surface area contributed by atoms with Crippen LogP contribution in [0.15, 0.2) is 52.1 Å². The molecular weight excluding hydrogens is 492 g/mol. The van der Waals surface area contributed by atoms with Crippen LogP contribution in [0.2, 0.25) is 5.02 Å². The van der Waals surface area contributed by atoms with Crippen molar-refractivity contribution in [3.63, 3.8) is 0 Å². The third-order valence-corrected chi connectivity index (χ3v) is 9.12. The highest BCUT2D eigenvalue weighted by Crippen LogP contribution is 2.71. The van der Waals surface area contributed by atoms with Crippen molar-refractivity contribution in [1.82, 2.24) is 0 Å². The van der Waals surface area contributed by atoms with Gasteiger partial charge >= 0.3 is 5.97 Å². The second-order valence-electron chi connectivity index (χ2n) is 9.48. The highest BCUT2D eigenvalue weighted by molar-refractivity contribution is 9.10. The number of oxime groups is 1. The molecule has 1 amide bonds. The maximum Gasteiger partial charge on any atom is 0.366 e. The first-order valence-corrected chi connectivity index (χ1v) is 11.8. The minimum absolute atomic E-state index is 0.0427. The minimum atomic E-state index is -0.644. The second kappa shape index (κ2) is 7.99. The molecule has 0 spiro atoms. The zero-order chi connectivity index (χ0) is 23.3. The number of fused-ring (bicyclic) bond motifs is 2. The number of hydrogen-bond donors (Lipinski definition) is 1. The van der Waals surface area contributed by atoms with Crippen molar-refractivity contribution < 1.29 is 14.4 Å². The van der Waals surface area contributed by atoms with Gasteiger partial charge in [-0.25, -0.2) is 4.79 Å². The Morgan fingerprint density at radius 3 is 2.53 bits per heavy atom. The number of rotatable bonds is 4. The molecule has 0 saturated heterocycles. The molecule has 1 N–H and O–H groups in total. The predicted octanol–water partition coefficient (Wildman–Crippen LogP) is 6.78. The zero-order valence-electron chi connectivity index (χ0n) is 18.6. The summed E-state index contributed by atoms with van der Waals surface area (Å²) in [6.07, 6.45) is 2.00. The zero-order valence-corrected chi connectivity index (χ0v) is 20.9. The van der Waals surface area contributed by atoms with Gasteiger partial charge in [-0.05, 0) is 70.9 Å². The Hall–Kier alpha value is -2.18. The van der Waals surface area contributed by atoms with E-state index in [2.05, 4.69) is 47.2 Å². The van der Waals surface area contributed by atoms with Crippen molar-refractivity contribution in [2.45, 2.75) is 47.0 Å². The largest absolute Gasteiger partial charge is 0.366 e. The third-order valence-electron chi connectivity index (χ3n) is 8.02. The van der Waals surface area contributed by atoms with Crippen LogP contribution in [0.5, 0.6) is 0 Å². The number of hydrogen-bond acceptors (Lipinski definition) is 4. The minimum Gasteiger partial charge on any atom is -0.325 e. The van der Waals surface area contributed by atoms with E-state index < -0.39 is 11.4 Å². The maximum absolute atomic E-state index is 13.6. The van der Waals surface area contributed by atoms with Gasteiger partial charge in [-0.3, -0.25) is 4.79 Å². The Morgan fingerprint density at radius 1 is 1.09 bits per heavy atom. The molecule has 0 radical (unpaired) electrons. The Morgan fingerprint density at radius 2 is 1.81 bits per heavy atom. The van der Waals surface area contributed by atoms with Crippen LogP contribution in [-0.2, 0) is 9.63 Å². The topological polar surface area (TPSA) is 67.8 Å². The van der Waals surface area contributed by atoms with E-state index in [0.29, 0.717) is 27.2 Å². The number of benzene rings is 2. The van der Waals surface area contributed by atoms with Gasteiger partial charge in [0.25, 0.3) is 0 Å². The van der Waals surface area contributed by atoms with Crippen molar-refractivity contribution in [2.24, 2.45) is 21.4 Å². The molecule has 168 valence electrons. The Bertz CT molecular complexity index is 1150. The summed E-state index contributed by atoms with van der Waals surface area (Å²) in [5, 5.41) is 8.03. The summed E-state index contributed by atoms with van der Waals surface area (Å²) in [4.78, 5) is 31.6. The number of nitrogens with zero attached hydrogens (tertiary/aromatic N) is 1. The van der Waals surface area contributed by atoms with Crippen molar-refractivity contribution >= 4 is 50.8 Å². The molecule has 2 aliphatic rings. The number of halogens is 2. The van der Waals surface area contributed by atoms with E-state index >= 15 is 0 Å². The molecule has 0 heterocycles. The normalized spacial score (nSPS) is 26.9. The molecule has 0 aliphatic heterocycles. The molecule has 2 unspecified atom stereocenters. The third kappa shape index (κ3) is 3.30. The fourth-order valence-electron chi connectivity index (χ4n) is 5.28. The number of nitrogens with one attached hydrogen (secondary N) is 1. The lowest BCUT2D eigenvalue weighted by Gasteiger charge is -2.39. The Balaban J connectivity index is 1.62. The summed E-state index contributed by atoms with van der Waals surface area (Å²) in [7, 11) is 0. The fourth-order valence-corrected chi connectivity index (χ4v) is 5.90. The second-order valence-corrected chi connectivity index (χ2v) is 10.7. The predicted molar refractivity (Wildman–Crippen MR) is 130 cm³/mol. The van der Waals surface area contributed by atoms with Gasteiger partial charge in [0.05, 0.1) is 16.7 Å². The molecule has 2 fully saturated rings. The van der Waals surface area contributed by atoms with Gasteiger partial charge in [0.2, 0.25) is 5.91 Å². The van der Waals surface area contributed by atoms with Crippen molar-refractivity contribution in [3.8, 4) is 0 Å². The molecule has 4 rings (SSSR count). The average molecular weight is 518 g/mol. The van der Waals surface area contributed by atoms with Crippen LogP contribution in [-0.4, -0.2) is 17.6 Å². The molecule has 2 aromatic carbocycles. The van der Waals surface area contributed by atoms with E-state index in [-0.39, 0.29) is 16.7 Å². The quantitative estimate of drug-likeness (QED) is 0.359. The lowest BCUT2D eigenvalue weighted by molar-refractivity contribution is -0.130. The summed E-state index contributed by atoms with van der Waals surface area (Å²) >= 11 is 9.62. The summed E-state index contributed by atoms with van der Waals surface area (Å²) in [6.45, 7) is 8.23. The summed E-state index contributed by atoms with van der Waals surface area (Å²) in [5.74, 6) is -0.568. The van der Waals surface area contributed by atoms with E-state index in [0.717, 1.165) is 24.1 Å². The monoisotopic (exact) mass is 516 g/mol. The first-order valence-electron chi connectivity index (χ1n) is 10.6. The van der Waals surface area contributed by atoms with Crippen LogP contribution in [0.4, 0.5) is 5.69 Å². The van der Waals surface area contributed by atoms with E-state index in [1.54, 1.807) is 24.3 Å². The standard InChI is InChI=1S/C25H26BrClN2O3/c1-15-18(27)10-7-11-19(15)28-22(31)25-13-12-24(4,23(25,2)3)20(14-25)29-32-21(30)16-8-5-6-9-17(16)26/h5-11H,12-14H2,1-4H3,(H,28,31)/b29-20-. The van der Waals surface area contributed by atoms with Gasteiger partial charge in [-0.2, -0.15) is 0 Å². The van der Waals surface area contributed by atoms with Crippen LogP contribution in [0.3, 0.4) is 0 Å². The molecule has 2 aromatic rings. The van der Waals surface area contributed by atoms with Gasteiger partial charge < -0.3 is 10.2 Å². The van der Waals surface area contributed by atoms with E-state index in [9.17, 15) is 9.59 Å². The van der Waals surface area contributed by atoms with E-state index in [1.165, 1.54) is 0 Å². The Kier molecular flexibility index (Phi) is 5.74. The average Bonchev–Trinajstić information content (AvgIpc) is 3.06. The highest BCUT2D eigenvalue weighted by Gasteiger charge is 2.71. The van der Waals surface area contributed by atoms with Gasteiger partial charge in [0.1, 0.15) is 0 Å². The van der Waals surface area contributed by atoms with Crippen LogP contribution < -0.4 is 5.32 Å². The highest BCUT2D eigenvalue weighted by atomic mass is 79.9. The molecular formula is C25H26BrClN2O3. The van der Waals surface area contributed by atoms with Crippen molar-refractivity contribution in [1.29, 1.82) is 0 Å². The molecule has 0 aromatic heterocycles. The van der Waals surface area contributed by atoms with Crippen LogP contribution in [0.25, 0.3) is 0 Å². The number of carbonyl (C=O) groups is 2. The molecule has 32 heavy (non-hydrogen) atoms. The summed E-state index contributed by atoms with van der Waals surface area (Å²) in [6, 6.07) is 12.6. The summed E-state index contributed by atoms with van der Waals surface area (Å²) < 4.78 is 0.650. The van der Waals surface area contributed by atoms with Crippen LogP contribution in [0.1, 0.15) is 56.0 Å². The summed E-state index contributed by atoms with van der Waals surface area (Å²) in [5.41, 5.74) is 1.37. The van der Waals surface area contributed by atoms with Gasteiger partial charge in [0.15, 0.2) is 0 Å². The van der Waals surface area contributed by atoms with Crippen LogP contribution >= 0.6 is 27.5 Å². The molecule has 2 bridgehead atoms. The van der Waals surface area contributed by atoms with Gasteiger partial charge in [-0.1, -0.05) is 55.7 Å². The maximum atomic E-state index is 13.6. The van der Waals surface area contributed by atoms with Gasteiger partial charge in [-0.15, -0.1) is 0 Å². The smallest absolute Gasteiger partial charge is 0.325 e. The number of amides is 1. The molecule has 2 atom stereocenters. The molecule has 2 aliphatic carbocycles. The molecule has 2 saturated carbocycles. The SMILES string of the molecule is Cc1c(Cl)cccc1NC(=O)C12CCC(C)(/C(=N\OC(=O)c3ccccc3Br)C1)C2(C)C.